The molecule has 82 valence electrons. The quantitative estimate of drug-likeness (QED) is 0.778. The van der Waals surface area contributed by atoms with Gasteiger partial charge in [-0.1, -0.05) is 6.92 Å². The van der Waals surface area contributed by atoms with Gasteiger partial charge in [0.2, 0.25) is 0 Å². The lowest BCUT2D eigenvalue weighted by Gasteiger charge is -2.24. The Kier molecular flexibility index (Phi) is 4.14. The predicted molar refractivity (Wildman–Crippen MR) is 61.9 cm³/mol. The van der Waals surface area contributed by atoms with Crippen molar-refractivity contribution < 1.29 is 4.74 Å². The summed E-state index contributed by atoms with van der Waals surface area (Å²) in [6.07, 6.45) is 5.68. The molecule has 2 heterocycles. The van der Waals surface area contributed by atoms with Gasteiger partial charge in [0.1, 0.15) is 0 Å². The smallest absolute Gasteiger partial charge is 0.0699 e. The van der Waals surface area contributed by atoms with Gasteiger partial charge in [-0.15, -0.1) is 0 Å². The maximum Gasteiger partial charge on any atom is 0.0699 e. The van der Waals surface area contributed by atoms with E-state index in [1.807, 2.05) is 0 Å². The number of nitrogens with one attached hydrogen (secondary N) is 1. The van der Waals surface area contributed by atoms with Crippen molar-refractivity contribution in [2.24, 2.45) is 0 Å². The van der Waals surface area contributed by atoms with E-state index < -0.39 is 0 Å². The van der Waals surface area contributed by atoms with Gasteiger partial charge in [0.25, 0.3) is 0 Å². The third-order valence-corrected chi connectivity index (χ3v) is 4.46. The minimum atomic E-state index is 0.490. The number of rotatable bonds is 3. The standard InChI is InChI=1S/C11H21NOS/c1-9-6-10(8-14-9)12-7-11-4-2-3-5-13-11/h9-12H,2-8H2,1H3. The average molecular weight is 215 g/mol. The van der Waals surface area contributed by atoms with Crippen molar-refractivity contribution in [3.63, 3.8) is 0 Å². The number of thioether (sulfide) groups is 1. The first-order valence-corrected chi connectivity index (χ1v) is 6.86. The van der Waals surface area contributed by atoms with E-state index in [-0.39, 0.29) is 0 Å². The minimum absolute atomic E-state index is 0.490. The van der Waals surface area contributed by atoms with Crippen molar-refractivity contribution in [3.05, 3.63) is 0 Å². The molecule has 2 fully saturated rings. The Morgan fingerprint density at radius 1 is 1.43 bits per heavy atom. The molecule has 2 aliphatic heterocycles. The molecule has 0 aliphatic carbocycles. The Hall–Kier alpha value is 0.270. The van der Waals surface area contributed by atoms with Crippen molar-refractivity contribution >= 4 is 11.8 Å². The van der Waals surface area contributed by atoms with Crippen LogP contribution in [-0.2, 0) is 4.74 Å². The zero-order valence-corrected chi connectivity index (χ0v) is 9.81. The van der Waals surface area contributed by atoms with E-state index in [1.54, 1.807) is 0 Å². The second-order valence-electron chi connectivity index (χ2n) is 4.47. The molecule has 2 rings (SSSR count). The van der Waals surface area contributed by atoms with Gasteiger partial charge < -0.3 is 10.1 Å². The molecule has 2 nitrogen and oxygen atoms in total. The SMILES string of the molecule is CC1CC(NCC2CCCCO2)CS1. The average Bonchev–Trinajstić information content (AvgIpc) is 2.63. The van der Waals surface area contributed by atoms with Crippen LogP contribution in [0, 0.1) is 0 Å². The summed E-state index contributed by atoms with van der Waals surface area (Å²) < 4.78 is 5.70. The predicted octanol–water partition coefficient (Wildman–Crippen LogP) is 2.04. The summed E-state index contributed by atoms with van der Waals surface area (Å²) in [6.45, 7) is 4.36. The molecule has 2 saturated heterocycles. The van der Waals surface area contributed by atoms with Crippen LogP contribution in [0.2, 0.25) is 0 Å². The molecule has 0 bridgehead atoms. The van der Waals surface area contributed by atoms with E-state index in [4.69, 9.17) is 4.74 Å². The number of ether oxygens (including phenoxy) is 1. The van der Waals surface area contributed by atoms with Crippen LogP contribution in [0.15, 0.2) is 0 Å². The molecule has 0 aromatic rings. The van der Waals surface area contributed by atoms with Crippen molar-refractivity contribution in [1.29, 1.82) is 0 Å². The monoisotopic (exact) mass is 215 g/mol. The normalized spacial score (nSPS) is 38.8. The highest BCUT2D eigenvalue weighted by Crippen LogP contribution is 2.26. The van der Waals surface area contributed by atoms with Crippen LogP contribution in [0.3, 0.4) is 0 Å². The molecule has 14 heavy (non-hydrogen) atoms. The van der Waals surface area contributed by atoms with Crippen molar-refractivity contribution in [1.82, 2.24) is 5.32 Å². The molecule has 0 amide bonds. The lowest BCUT2D eigenvalue weighted by atomic mass is 10.1. The van der Waals surface area contributed by atoms with E-state index in [1.165, 1.54) is 31.4 Å². The Morgan fingerprint density at radius 3 is 3.00 bits per heavy atom. The minimum Gasteiger partial charge on any atom is -0.377 e. The Labute approximate surface area is 91.2 Å². The molecule has 3 unspecified atom stereocenters. The van der Waals surface area contributed by atoms with Gasteiger partial charge in [0.05, 0.1) is 6.10 Å². The highest BCUT2D eigenvalue weighted by Gasteiger charge is 2.22. The van der Waals surface area contributed by atoms with E-state index >= 15 is 0 Å². The van der Waals surface area contributed by atoms with E-state index in [0.717, 1.165) is 24.4 Å². The second kappa shape index (κ2) is 5.38. The summed E-state index contributed by atoms with van der Waals surface area (Å²) in [6, 6.07) is 0.737. The molecule has 0 radical (unpaired) electrons. The van der Waals surface area contributed by atoms with E-state index in [0.29, 0.717) is 6.10 Å². The summed E-state index contributed by atoms with van der Waals surface area (Å²) >= 11 is 2.09. The first-order chi connectivity index (χ1) is 6.84. The molecule has 0 aromatic carbocycles. The fourth-order valence-corrected chi connectivity index (χ4v) is 3.41. The molecular formula is C11H21NOS. The maximum absolute atomic E-state index is 5.70. The van der Waals surface area contributed by atoms with Crippen LogP contribution in [0.5, 0.6) is 0 Å². The van der Waals surface area contributed by atoms with Gasteiger partial charge in [0.15, 0.2) is 0 Å². The summed E-state index contributed by atoms with van der Waals surface area (Å²) in [4.78, 5) is 0. The third kappa shape index (κ3) is 3.14. The first-order valence-electron chi connectivity index (χ1n) is 5.81. The highest BCUT2D eigenvalue weighted by atomic mass is 32.2. The third-order valence-electron chi connectivity index (χ3n) is 3.11. The topological polar surface area (TPSA) is 21.3 Å². The molecule has 3 heteroatoms. The van der Waals surface area contributed by atoms with Crippen LogP contribution >= 0.6 is 11.8 Å². The van der Waals surface area contributed by atoms with Crippen LogP contribution in [0.1, 0.15) is 32.6 Å². The Bertz CT molecular complexity index is 166. The fraction of sp³-hybridized carbons (Fsp3) is 1.00. The molecule has 3 atom stereocenters. The van der Waals surface area contributed by atoms with Crippen molar-refractivity contribution in [2.75, 3.05) is 18.9 Å². The largest absolute Gasteiger partial charge is 0.377 e. The summed E-state index contributed by atoms with van der Waals surface area (Å²) in [7, 11) is 0. The van der Waals surface area contributed by atoms with E-state index in [9.17, 15) is 0 Å². The Balaban J connectivity index is 1.61. The van der Waals surface area contributed by atoms with Crippen LogP contribution in [0.25, 0.3) is 0 Å². The fourth-order valence-electron chi connectivity index (χ4n) is 2.23. The highest BCUT2D eigenvalue weighted by molar-refractivity contribution is 8.00. The first kappa shape index (κ1) is 10.8. The molecule has 1 N–H and O–H groups in total. The zero-order valence-electron chi connectivity index (χ0n) is 9.00. The lowest BCUT2D eigenvalue weighted by molar-refractivity contribution is 0.0157. The van der Waals surface area contributed by atoms with Gasteiger partial charge in [-0.25, -0.2) is 0 Å². The Morgan fingerprint density at radius 2 is 2.36 bits per heavy atom. The van der Waals surface area contributed by atoms with Crippen LogP contribution in [0.4, 0.5) is 0 Å². The van der Waals surface area contributed by atoms with Crippen molar-refractivity contribution in [3.8, 4) is 0 Å². The van der Waals surface area contributed by atoms with Gasteiger partial charge in [-0.3, -0.25) is 0 Å². The molecule has 0 aromatic heterocycles. The number of hydrogen-bond donors (Lipinski definition) is 1. The number of hydrogen-bond acceptors (Lipinski definition) is 3. The van der Waals surface area contributed by atoms with Gasteiger partial charge in [-0.2, -0.15) is 11.8 Å². The van der Waals surface area contributed by atoms with Gasteiger partial charge in [-0.05, 0) is 25.7 Å². The van der Waals surface area contributed by atoms with Crippen molar-refractivity contribution in [2.45, 2.75) is 50.0 Å². The molecule has 2 aliphatic rings. The van der Waals surface area contributed by atoms with Gasteiger partial charge in [0, 0.05) is 30.2 Å². The van der Waals surface area contributed by atoms with Gasteiger partial charge >= 0.3 is 0 Å². The summed E-state index contributed by atoms with van der Waals surface area (Å²) in [5, 5.41) is 4.48. The summed E-state index contributed by atoms with van der Waals surface area (Å²) in [5.41, 5.74) is 0. The summed E-state index contributed by atoms with van der Waals surface area (Å²) in [5.74, 6) is 1.29. The maximum atomic E-state index is 5.70. The van der Waals surface area contributed by atoms with Crippen LogP contribution < -0.4 is 5.32 Å². The molecule has 0 saturated carbocycles. The second-order valence-corrected chi connectivity index (χ2v) is 5.94. The lowest BCUT2D eigenvalue weighted by Crippen LogP contribution is -2.38. The zero-order chi connectivity index (χ0) is 9.80. The molecule has 0 spiro atoms. The van der Waals surface area contributed by atoms with Crippen LogP contribution in [-0.4, -0.2) is 36.3 Å². The van der Waals surface area contributed by atoms with E-state index in [2.05, 4.69) is 24.0 Å². The molecular weight excluding hydrogens is 194 g/mol.